The summed E-state index contributed by atoms with van der Waals surface area (Å²) in [6, 6.07) is 6.25. The predicted molar refractivity (Wildman–Crippen MR) is 93.6 cm³/mol. The lowest BCUT2D eigenvalue weighted by atomic mass is 10.1. The molecule has 1 heterocycles. The van der Waals surface area contributed by atoms with Gasteiger partial charge in [0.2, 0.25) is 5.91 Å². The van der Waals surface area contributed by atoms with Crippen LogP contribution in [0.5, 0.6) is 0 Å². The van der Waals surface area contributed by atoms with Gasteiger partial charge in [0.15, 0.2) is 0 Å². The van der Waals surface area contributed by atoms with Gasteiger partial charge in [-0.05, 0) is 44.2 Å². The van der Waals surface area contributed by atoms with Crippen molar-refractivity contribution in [2.75, 3.05) is 43.4 Å². The van der Waals surface area contributed by atoms with Crippen LogP contribution in [0.1, 0.15) is 32.3 Å². The molecule has 1 aliphatic heterocycles. The van der Waals surface area contributed by atoms with Crippen molar-refractivity contribution in [1.82, 2.24) is 4.90 Å². The fourth-order valence-electron chi connectivity index (χ4n) is 2.96. The summed E-state index contributed by atoms with van der Waals surface area (Å²) in [5, 5.41) is 3.04. The zero-order valence-electron chi connectivity index (χ0n) is 14.4. The standard InChI is InChI=1S/C18H29N3O/c1-5-6-14(2)18(22)19-16-7-8-17(15(3)13-16)21-11-9-20(4)10-12-21/h7-8,13-14H,5-6,9-12H2,1-4H3,(H,19,22). The van der Waals surface area contributed by atoms with Crippen LogP contribution >= 0.6 is 0 Å². The smallest absolute Gasteiger partial charge is 0.227 e. The summed E-state index contributed by atoms with van der Waals surface area (Å²) in [4.78, 5) is 16.9. The van der Waals surface area contributed by atoms with Gasteiger partial charge in [-0.15, -0.1) is 0 Å². The van der Waals surface area contributed by atoms with Crippen molar-refractivity contribution in [2.24, 2.45) is 5.92 Å². The van der Waals surface area contributed by atoms with Gasteiger partial charge in [-0.1, -0.05) is 20.3 Å². The Bertz CT molecular complexity index is 507. The Hall–Kier alpha value is -1.55. The second-order valence-electron chi connectivity index (χ2n) is 6.47. The molecule has 1 aromatic rings. The first kappa shape index (κ1) is 16.8. The molecule has 1 aromatic carbocycles. The highest BCUT2D eigenvalue weighted by Gasteiger charge is 2.17. The molecule has 1 aliphatic rings. The zero-order chi connectivity index (χ0) is 16.1. The van der Waals surface area contributed by atoms with Crippen LogP contribution in [0.25, 0.3) is 0 Å². The van der Waals surface area contributed by atoms with Gasteiger partial charge < -0.3 is 15.1 Å². The van der Waals surface area contributed by atoms with Crippen molar-refractivity contribution in [1.29, 1.82) is 0 Å². The van der Waals surface area contributed by atoms with E-state index in [1.54, 1.807) is 0 Å². The number of hydrogen-bond donors (Lipinski definition) is 1. The molecule has 0 radical (unpaired) electrons. The summed E-state index contributed by atoms with van der Waals surface area (Å²) in [6.07, 6.45) is 1.97. The third-order valence-electron chi connectivity index (χ3n) is 4.48. The second-order valence-corrected chi connectivity index (χ2v) is 6.47. The van der Waals surface area contributed by atoms with Gasteiger partial charge in [0.05, 0.1) is 0 Å². The molecule has 22 heavy (non-hydrogen) atoms. The number of amides is 1. The number of nitrogens with zero attached hydrogens (tertiary/aromatic N) is 2. The van der Waals surface area contributed by atoms with Crippen molar-refractivity contribution >= 4 is 17.3 Å². The van der Waals surface area contributed by atoms with Crippen LogP contribution in [0.3, 0.4) is 0 Å². The molecule has 0 bridgehead atoms. The number of anilines is 2. The number of nitrogens with one attached hydrogen (secondary N) is 1. The Morgan fingerprint density at radius 3 is 2.55 bits per heavy atom. The van der Waals surface area contributed by atoms with E-state index in [0.717, 1.165) is 44.7 Å². The van der Waals surface area contributed by atoms with Crippen molar-refractivity contribution in [2.45, 2.75) is 33.6 Å². The third-order valence-corrected chi connectivity index (χ3v) is 4.48. The van der Waals surface area contributed by atoms with E-state index in [2.05, 4.69) is 48.1 Å². The van der Waals surface area contributed by atoms with E-state index in [1.165, 1.54) is 11.3 Å². The first-order valence-electron chi connectivity index (χ1n) is 8.36. The summed E-state index contributed by atoms with van der Waals surface area (Å²) in [5.41, 5.74) is 3.42. The summed E-state index contributed by atoms with van der Waals surface area (Å²) >= 11 is 0. The van der Waals surface area contributed by atoms with Crippen LogP contribution in [-0.2, 0) is 4.79 Å². The molecule has 122 valence electrons. The first-order chi connectivity index (χ1) is 10.5. The summed E-state index contributed by atoms with van der Waals surface area (Å²) in [7, 11) is 2.17. The van der Waals surface area contributed by atoms with Gasteiger partial charge >= 0.3 is 0 Å². The van der Waals surface area contributed by atoms with Gasteiger partial charge in [0.1, 0.15) is 0 Å². The van der Waals surface area contributed by atoms with Crippen LogP contribution in [-0.4, -0.2) is 44.0 Å². The summed E-state index contributed by atoms with van der Waals surface area (Å²) < 4.78 is 0. The zero-order valence-corrected chi connectivity index (χ0v) is 14.4. The highest BCUT2D eigenvalue weighted by Crippen LogP contribution is 2.25. The molecule has 1 fully saturated rings. The summed E-state index contributed by atoms with van der Waals surface area (Å²) in [6.45, 7) is 10.6. The fourth-order valence-corrected chi connectivity index (χ4v) is 2.96. The van der Waals surface area contributed by atoms with E-state index < -0.39 is 0 Å². The van der Waals surface area contributed by atoms with E-state index in [-0.39, 0.29) is 11.8 Å². The van der Waals surface area contributed by atoms with Crippen LogP contribution in [0.2, 0.25) is 0 Å². The minimum atomic E-state index is 0.0719. The van der Waals surface area contributed by atoms with Gasteiger partial charge in [0.25, 0.3) is 0 Å². The topological polar surface area (TPSA) is 35.6 Å². The Morgan fingerprint density at radius 1 is 1.27 bits per heavy atom. The molecule has 1 N–H and O–H groups in total. The molecule has 1 atom stereocenters. The van der Waals surface area contributed by atoms with Gasteiger partial charge in [-0.3, -0.25) is 4.79 Å². The molecule has 0 spiro atoms. The minimum Gasteiger partial charge on any atom is -0.369 e. The van der Waals surface area contributed by atoms with Gasteiger partial charge in [-0.25, -0.2) is 0 Å². The van der Waals surface area contributed by atoms with Crippen LogP contribution in [0, 0.1) is 12.8 Å². The monoisotopic (exact) mass is 303 g/mol. The Balaban J connectivity index is 2.02. The van der Waals surface area contributed by atoms with Crippen molar-refractivity contribution in [3.63, 3.8) is 0 Å². The maximum absolute atomic E-state index is 12.1. The SMILES string of the molecule is CCCC(C)C(=O)Nc1ccc(N2CCN(C)CC2)c(C)c1. The van der Waals surface area contributed by atoms with Gasteiger partial charge in [0, 0.05) is 43.5 Å². The molecular weight excluding hydrogens is 274 g/mol. The minimum absolute atomic E-state index is 0.0719. The van der Waals surface area contributed by atoms with Crippen molar-refractivity contribution in [3.8, 4) is 0 Å². The second kappa shape index (κ2) is 7.63. The molecule has 1 unspecified atom stereocenters. The average molecular weight is 303 g/mol. The lowest BCUT2D eigenvalue weighted by Gasteiger charge is -2.35. The number of piperazine rings is 1. The third kappa shape index (κ3) is 4.23. The molecule has 4 nitrogen and oxygen atoms in total. The molecule has 4 heteroatoms. The van der Waals surface area contributed by atoms with Crippen LogP contribution < -0.4 is 10.2 Å². The predicted octanol–water partition coefficient (Wildman–Crippen LogP) is 3.12. The number of carbonyl (C=O) groups is 1. The molecular formula is C18H29N3O. The highest BCUT2D eigenvalue weighted by atomic mass is 16.1. The Labute approximate surface area is 134 Å². The van der Waals surface area contributed by atoms with E-state index in [1.807, 2.05) is 13.0 Å². The van der Waals surface area contributed by atoms with E-state index in [0.29, 0.717) is 0 Å². The van der Waals surface area contributed by atoms with E-state index in [9.17, 15) is 4.79 Å². The van der Waals surface area contributed by atoms with Crippen molar-refractivity contribution < 1.29 is 4.79 Å². The maximum Gasteiger partial charge on any atom is 0.227 e. The maximum atomic E-state index is 12.1. The average Bonchev–Trinajstić information content (AvgIpc) is 2.49. The lowest BCUT2D eigenvalue weighted by Crippen LogP contribution is -2.44. The number of benzene rings is 1. The number of rotatable bonds is 5. The largest absolute Gasteiger partial charge is 0.369 e. The molecule has 2 rings (SSSR count). The Morgan fingerprint density at radius 2 is 1.95 bits per heavy atom. The lowest BCUT2D eigenvalue weighted by molar-refractivity contribution is -0.119. The van der Waals surface area contributed by atoms with Gasteiger partial charge in [-0.2, -0.15) is 0 Å². The number of hydrogen-bond acceptors (Lipinski definition) is 3. The first-order valence-corrected chi connectivity index (χ1v) is 8.36. The molecule has 1 saturated heterocycles. The molecule has 0 aromatic heterocycles. The van der Waals surface area contributed by atoms with Crippen LogP contribution in [0.15, 0.2) is 18.2 Å². The fraction of sp³-hybridized carbons (Fsp3) is 0.611. The van der Waals surface area contributed by atoms with E-state index >= 15 is 0 Å². The number of likely N-dealkylation sites (N-methyl/N-ethyl adjacent to an activating group) is 1. The van der Waals surface area contributed by atoms with Crippen LogP contribution in [0.4, 0.5) is 11.4 Å². The Kier molecular flexibility index (Phi) is 5.83. The van der Waals surface area contributed by atoms with E-state index in [4.69, 9.17) is 0 Å². The highest BCUT2D eigenvalue weighted by molar-refractivity contribution is 5.92. The quantitative estimate of drug-likeness (QED) is 0.908. The molecule has 0 aliphatic carbocycles. The molecule has 1 amide bonds. The number of aryl methyl sites for hydroxylation is 1. The van der Waals surface area contributed by atoms with Crippen molar-refractivity contribution in [3.05, 3.63) is 23.8 Å². The molecule has 0 saturated carbocycles. The summed E-state index contributed by atoms with van der Waals surface area (Å²) in [5.74, 6) is 0.191. The number of carbonyl (C=O) groups excluding carboxylic acids is 1. The normalized spacial score (nSPS) is 17.4.